The van der Waals surface area contributed by atoms with Gasteiger partial charge in [0.25, 0.3) is 33.1 Å². The van der Waals surface area contributed by atoms with E-state index < -0.39 is 50.9 Å². The topological polar surface area (TPSA) is 86.7 Å². The lowest BCUT2D eigenvalue weighted by atomic mass is 10.5. The van der Waals surface area contributed by atoms with Crippen LogP contribution in [-0.2, 0) is 28.6 Å². The van der Waals surface area contributed by atoms with Crippen molar-refractivity contribution in [1.82, 2.24) is 0 Å². The number of hydrogen-bond acceptors (Lipinski definition) is 6. The van der Waals surface area contributed by atoms with Gasteiger partial charge in [0.1, 0.15) is 11.5 Å². The Morgan fingerprint density at radius 3 is 1.37 bits per heavy atom. The highest BCUT2D eigenvalue weighted by Gasteiger charge is 2.28. The summed E-state index contributed by atoms with van der Waals surface area (Å²) in [6.07, 6.45) is -8.75. The SMILES string of the molecule is CCC(OS(=O)(=O)CC(F)F)OS(=O)(=O)CC(F)F. The molecule has 0 amide bonds. The third-order valence-corrected chi connectivity index (χ3v) is 3.84. The Morgan fingerprint density at radius 2 is 1.16 bits per heavy atom. The summed E-state index contributed by atoms with van der Waals surface area (Å²) in [5.41, 5.74) is 0. The summed E-state index contributed by atoms with van der Waals surface area (Å²) in [5, 5.41) is 0. The Hall–Kier alpha value is -0.460. The maximum Gasteiger partial charge on any atom is 0.275 e. The molecule has 0 heterocycles. The Kier molecular flexibility index (Phi) is 7.18. The maximum absolute atomic E-state index is 11.9. The molecule has 12 heteroatoms. The van der Waals surface area contributed by atoms with E-state index in [9.17, 15) is 34.4 Å². The van der Waals surface area contributed by atoms with Gasteiger partial charge in [0, 0.05) is 0 Å². The van der Waals surface area contributed by atoms with E-state index in [-0.39, 0.29) is 6.42 Å². The molecule has 0 aliphatic heterocycles. The third-order valence-electron chi connectivity index (χ3n) is 1.50. The molecule has 0 spiro atoms. The Labute approximate surface area is 107 Å². The van der Waals surface area contributed by atoms with Gasteiger partial charge in [-0.3, -0.25) is 0 Å². The lowest BCUT2D eigenvalue weighted by Gasteiger charge is -2.15. The minimum Gasteiger partial charge on any atom is -0.237 e. The second kappa shape index (κ2) is 7.36. The molecule has 0 unspecified atom stereocenters. The summed E-state index contributed by atoms with van der Waals surface area (Å²) < 4.78 is 99.6. The van der Waals surface area contributed by atoms with Crippen LogP contribution in [0, 0.1) is 0 Å². The average molecular weight is 332 g/mol. The van der Waals surface area contributed by atoms with E-state index in [2.05, 4.69) is 8.37 Å². The molecule has 0 bridgehead atoms. The third kappa shape index (κ3) is 9.13. The molecule has 0 N–H and O–H groups in total. The summed E-state index contributed by atoms with van der Waals surface area (Å²) in [7, 11) is -9.44. The lowest BCUT2D eigenvalue weighted by Crippen LogP contribution is -2.29. The number of halogens is 4. The van der Waals surface area contributed by atoms with Gasteiger partial charge in [-0.2, -0.15) is 16.8 Å². The van der Waals surface area contributed by atoms with Gasteiger partial charge in [0.05, 0.1) is 0 Å². The predicted octanol–water partition coefficient (Wildman–Crippen LogP) is 0.946. The standard InChI is InChI=1S/C7H12F4O6S2/c1-2-7(16-18(12,13)3-5(8)9)17-19(14,15)4-6(10)11/h5-7H,2-4H2,1H3. The monoisotopic (exact) mass is 332 g/mol. The quantitative estimate of drug-likeness (QED) is 0.355. The molecular weight excluding hydrogens is 320 g/mol. The highest BCUT2D eigenvalue weighted by molar-refractivity contribution is 7.87. The zero-order chi connectivity index (χ0) is 15.3. The fraction of sp³-hybridized carbons (Fsp3) is 1.00. The van der Waals surface area contributed by atoms with Crippen molar-refractivity contribution >= 4 is 20.2 Å². The molecule has 0 fully saturated rings. The van der Waals surface area contributed by atoms with Crippen molar-refractivity contribution in [1.29, 1.82) is 0 Å². The molecule has 6 nitrogen and oxygen atoms in total. The first-order valence-electron chi connectivity index (χ1n) is 4.85. The van der Waals surface area contributed by atoms with E-state index in [4.69, 9.17) is 0 Å². The second-order valence-electron chi connectivity index (χ2n) is 3.26. The van der Waals surface area contributed by atoms with Gasteiger partial charge in [-0.15, -0.1) is 0 Å². The van der Waals surface area contributed by atoms with E-state index in [0.717, 1.165) is 0 Å². The molecule has 0 saturated heterocycles. The van der Waals surface area contributed by atoms with E-state index in [0.29, 0.717) is 0 Å². The minimum atomic E-state index is -4.72. The van der Waals surface area contributed by atoms with Gasteiger partial charge >= 0.3 is 0 Å². The Morgan fingerprint density at radius 1 is 0.842 bits per heavy atom. The fourth-order valence-corrected chi connectivity index (χ4v) is 2.70. The van der Waals surface area contributed by atoms with Gasteiger partial charge in [-0.25, -0.2) is 25.9 Å². The summed E-state index contributed by atoms with van der Waals surface area (Å²) in [6, 6.07) is 0. The molecular formula is C7H12F4O6S2. The van der Waals surface area contributed by atoms with Crippen molar-refractivity contribution < 1.29 is 42.8 Å². The van der Waals surface area contributed by atoms with Gasteiger partial charge < -0.3 is 0 Å². The van der Waals surface area contributed by atoms with Crippen LogP contribution in [0.15, 0.2) is 0 Å². The van der Waals surface area contributed by atoms with Crippen molar-refractivity contribution in [2.75, 3.05) is 11.5 Å². The molecule has 0 aromatic rings. The number of rotatable bonds is 9. The Balaban J connectivity index is 4.70. The van der Waals surface area contributed by atoms with Crippen LogP contribution in [0.25, 0.3) is 0 Å². The first-order chi connectivity index (χ1) is 8.47. The normalized spacial score (nSPS) is 13.7. The molecule has 116 valence electrons. The zero-order valence-corrected chi connectivity index (χ0v) is 11.3. The van der Waals surface area contributed by atoms with E-state index in [1.54, 1.807) is 0 Å². The largest absolute Gasteiger partial charge is 0.275 e. The molecule has 0 aromatic carbocycles. The zero-order valence-electron chi connectivity index (χ0n) is 9.63. The number of alkyl halides is 4. The summed E-state index contributed by atoms with van der Waals surface area (Å²) in [6.45, 7) is 1.22. The molecule has 0 aliphatic carbocycles. The summed E-state index contributed by atoms with van der Waals surface area (Å²) in [5.74, 6) is -3.30. The van der Waals surface area contributed by atoms with Gasteiger partial charge in [-0.05, 0) is 6.42 Å². The smallest absolute Gasteiger partial charge is 0.237 e. The molecule has 0 rings (SSSR count). The highest BCUT2D eigenvalue weighted by atomic mass is 32.2. The molecule has 0 radical (unpaired) electrons. The maximum atomic E-state index is 11.9. The second-order valence-corrected chi connectivity index (χ2v) is 6.54. The minimum absolute atomic E-state index is 0.356. The van der Waals surface area contributed by atoms with Gasteiger partial charge in [-0.1, -0.05) is 6.92 Å². The van der Waals surface area contributed by atoms with Crippen LogP contribution >= 0.6 is 0 Å². The van der Waals surface area contributed by atoms with Crippen molar-refractivity contribution in [2.45, 2.75) is 32.5 Å². The van der Waals surface area contributed by atoms with E-state index in [1.807, 2.05) is 0 Å². The van der Waals surface area contributed by atoms with Crippen LogP contribution in [0.1, 0.15) is 13.3 Å². The molecule has 19 heavy (non-hydrogen) atoms. The van der Waals surface area contributed by atoms with Crippen LogP contribution in [0.3, 0.4) is 0 Å². The molecule has 0 aliphatic rings. The van der Waals surface area contributed by atoms with E-state index >= 15 is 0 Å². The fourth-order valence-electron chi connectivity index (χ4n) is 0.866. The molecule has 0 aromatic heterocycles. The van der Waals surface area contributed by atoms with Crippen LogP contribution in [-0.4, -0.2) is 47.5 Å². The lowest BCUT2D eigenvalue weighted by molar-refractivity contribution is 0.0117. The van der Waals surface area contributed by atoms with Crippen molar-refractivity contribution in [3.8, 4) is 0 Å². The average Bonchev–Trinajstić information content (AvgIpc) is 2.10. The van der Waals surface area contributed by atoms with E-state index in [1.165, 1.54) is 6.92 Å². The first-order valence-corrected chi connectivity index (χ1v) is 8.01. The summed E-state index contributed by atoms with van der Waals surface area (Å²) in [4.78, 5) is 0. The number of hydrogen-bond donors (Lipinski definition) is 0. The first kappa shape index (κ1) is 18.5. The predicted molar refractivity (Wildman–Crippen MR) is 55.8 cm³/mol. The van der Waals surface area contributed by atoms with Crippen LogP contribution < -0.4 is 0 Å². The van der Waals surface area contributed by atoms with Gasteiger partial charge in [0.2, 0.25) is 0 Å². The van der Waals surface area contributed by atoms with Crippen LogP contribution in [0.2, 0.25) is 0 Å². The van der Waals surface area contributed by atoms with Crippen molar-refractivity contribution in [3.63, 3.8) is 0 Å². The highest BCUT2D eigenvalue weighted by Crippen LogP contribution is 2.13. The van der Waals surface area contributed by atoms with Crippen molar-refractivity contribution in [3.05, 3.63) is 0 Å². The van der Waals surface area contributed by atoms with Crippen molar-refractivity contribution in [2.24, 2.45) is 0 Å². The van der Waals surface area contributed by atoms with Crippen LogP contribution in [0.5, 0.6) is 0 Å². The molecule has 0 atom stereocenters. The van der Waals surface area contributed by atoms with Gasteiger partial charge in [0.15, 0.2) is 6.29 Å². The van der Waals surface area contributed by atoms with Crippen LogP contribution in [0.4, 0.5) is 17.6 Å². The molecule has 0 saturated carbocycles. The summed E-state index contributed by atoms with van der Waals surface area (Å²) >= 11 is 0. The Bertz CT molecular complexity index is 418.